The zero-order chi connectivity index (χ0) is 27.4. The molecular formula is C26H29Cl2N3O6S. The van der Waals surface area contributed by atoms with Crippen LogP contribution >= 0.6 is 35.0 Å². The standard InChI is InChI=1S/C26H29Cl2N3O6S/c1-30-11-9-26(10-12-30)31(25(35)36)22(15-38-26)23(32)29-21(24(33)34)13-16-5-7-17(8-6-16)37-14-18-19(27)3-2-4-20(18)28/h2-8,21-22H,9-15H2,1H3,(H,29,32)(H,33,34)(H,35,36)/t21-,22-/m0/s1. The van der Waals surface area contributed by atoms with Crippen LogP contribution in [0.3, 0.4) is 0 Å². The third-order valence-corrected chi connectivity index (χ3v) is 9.29. The number of halogens is 2. The minimum absolute atomic E-state index is 0.0283. The van der Waals surface area contributed by atoms with Gasteiger partial charge in [-0.25, -0.2) is 9.59 Å². The molecule has 0 aliphatic carbocycles. The van der Waals surface area contributed by atoms with Crippen LogP contribution in [0.2, 0.25) is 10.0 Å². The Balaban J connectivity index is 1.38. The number of amides is 2. The molecule has 2 aromatic carbocycles. The Bertz CT molecular complexity index is 1170. The van der Waals surface area contributed by atoms with E-state index in [9.17, 15) is 24.6 Å². The molecule has 0 bridgehead atoms. The van der Waals surface area contributed by atoms with Crippen LogP contribution in [0.5, 0.6) is 5.75 Å². The lowest BCUT2D eigenvalue weighted by atomic mass is 10.0. The summed E-state index contributed by atoms with van der Waals surface area (Å²) in [7, 11) is 1.98. The van der Waals surface area contributed by atoms with E-state index in [-0.39, 0.29) is 18.8 Å². The fourth-order valence-corrected chi connectivity index (χ4v) is 6.86. The molecule has 0 unspecified atom stereocenters. The second-order valence-corrected chi connectivity index (χ2v) is 11.7. The van der Waals surface area contributed by atoms with Gasteiger partial charge in [0.25, 0.3) is 0 Å². The summed E-state index contributed by atoms with van der Waals surface area (Å²) in [4.78, 5) is 40.0. The van der Waals surface area contributed by atoms with Gasteiger partial charge >= 0.3 is 12.1 Å². The van der Waals surface area contributed by atoms with Crippen LogP contribution < -0.4 is 10.1 Å². The van der Waals surface area contributed by atoms with Crippen molar-refractivity contribution in [3.8, 4) is 5.75 Å². The number of thioether (sulfide) groups is 1. The van der Waals surface area contributed by atoms with Crippen molar-refractivity contribution in [3.05, 3.63) is 63.6 Å². The van der Waals surface area contributed by atoms with Crippen LogP contribution in [0, 0.1) is 0 Å². The summed E-state index contributed by atoms with van der Waals surface area (Å²) in [5, 5.41) is 23.3. The number of nitrogens with zero attached hydrogens (tertiary/aromatic N) is 2. The number of hydrogen-bond acceptors (Lipinski definition) is 6. The van der Waals surface area contributed by atoms with E-state index in [1.165, 1.54) is 16.7 Å². The molecule has 0 radical (unpaired) electrons. The molecule has 12 heteroatoms. The zero-order valence-electron chi connectivity index (χ0n) is 20.7. The van der Waals surface area contributed by atoms with E-state index < -0.39 is 34.9 Å². The molecule has 38 heavy (non-hydrogen) atoms. The fourth-order valence-electron chi connectivity index (χ4n) is 4.77. The van der Waals surface area contributed by atoms with Gasteiger partial charge in [-0.3, -0.25) is 9.69 Å². The van der Waals surface area contributed by atoms with Crippen LogP contribution in [0.1, 0.15) is 24.0 Å². The van der Waals surface area contributed by atoms with Crippen LogP contribution in [-0.4, -0.2) is 80.8 Å². The summed E-state index contributed by atoms with van der Waals surface area (Å²) < 4.78 is 5.77. The van der Waals surface area contributed by atoms with E-state index in [0.717, 1.165) is 13.1 Å². The molecule has 2 saturated heterocycles. The Hall–Kier alpha value is -2.66. The Morgan fingerprint density at radius 3 is 2.32 bits per heavy atom. The number of carbonyl (C=O) groups excluding carboxylic acids is 1. The topological polar surface area (TPSA) is 119 Å². The summed E-state index contributed by atoms with van der Waals surface area (Å²) in [6.45, 7) is 1.63. The lowest BCUT2D eigenvalue weighted by Gasteiger charge is -2.43. The van der Waals surface area contributed by atoms with Gasteiger partial charge in [-0.05, 0) is 49.7 Å². The molecule has 0 saturated carbocycles. The van der Waals surface area contributed by atoms with Gasteiger partial charge in [-0.2, -0.15) is 0 Å². The minimum Gasteiger partial charge on any atom is -0.489 e. The molecule has 1 spiro atoms. The first-order valence-corrected chi connectivity index (χ1v) is 13.9. The molecule has 0 aromatic heterocycles. The first-order valence-electron chi connectivity index (χ1n) is 12.1. The summed E-state index contributed by atoms with van der Waals surface area (Å²) in [5.74, 6) is -0.965. The maximum Gasteiger partial charge on any atom is 0.409 e. The number of ether oxygens (including phenoxy) is 1. The highest BCUT2D eigenvalue weighted by atomic mass is 35.5. The van der Waals surface area contributed by atoms with Gasteiger partial charge < -0.3 is 25.2 Å². The number of benzene rings is 2. The second kappa shape index (κ2) is 12.0. The molecule has 4 rings (SSSR count). The minimum atomic E-state index is -1.22. The molecule has 2 aliphatic heterocycles. The second-order valence-electron chi connectivity index (χ2n) is 9.47. The van der Waals surface area contributed by atoms with Crippen molar-refractivity contribution in [2.75, 3.05) is 25.9 Å². The van der Waals surface area contributed by atoms with Crippen LogP contribution in [-0.2, 0) is 22.6 Å². The number of piperidine rings is 1. The van der Waals surface area contributed by atoms with E-state index in [4.69, 9.17) is 27.9 Å². The molecule has 2 amide bonds. The van der Waals surface area contributed by atoms with Crippen molar-refractivity contribution in [2.45, 2.75) is 42.8 Å². The summed E-state index contributed by atoms with van der Waals surface area (Å²) in [6.07, 6.45) is 0.0915. The molecule has 2 aromatic rings. The normalized spacial score (nSPS) is 19.8. The van der Waals surface area contributed by atoms with Gasteiger partial charge in [0.05, 0.1) is 4.87 Å². The smallest absolute Gasteiger partial charge is 0.409 e. The molecule has 3 N–H and O–H groups in total. The molecular weight excluding hydrogens is 553 g/mol. The van der Waals surface area contributed by atoms with Crippen molar-refractivity contribution in [3.63, 3.8) is 0 Å². The van der Waals surface area contributed by atoms with E-state index in [1.54, 1.807) is 42.5 Å². The Kier molecular flexibility index (Phi) is 8.97. The van der Waals surface area contributed by atoms with Crippen LogP contribution in [0.25, 0.3) is 0 Å². The van der Waals surface area contributed by atoms with Gasteiger partial charge in [0, 0.05) is 40.9 Å². The Morgan fingerprint density at radius 1 is 1.11 bits per heavy atom. The average molecular weight is 583 g/mol. The molecule has 9 nitrogen and oxygen atoms in total. The van der Waals surface area contributed by atoms with Crippen molar-refractivity contribution in [1.29, 1.82) is 0 Å². The highest BCUT2D eigenvalue weighted by Crippen LogP contribution is 2.46. The number of hydrogen-bond donors (Lipinski definition) is 3. The number of nitrogens with one attached hydrogen (secondary N) is 1. The monoisotopic (exact) mass is 581 g/mol. The maximum absolute atomic E-state index is 13.1. The first kappa shape index (κ1) is 28.4. The van der Waals surface area contributed by atoms with Crippen molar-refractivity contribution in [2.24, 2.45) is 0 Å². The molecule has 204 valence electrons. The number of rotatable bonds is 8. The van der Waals surface area contributed by atoms with Crippen molar-refractivity contribution < 1.29 is 29.3 Å². The predicted octanol–water partition coefficient (Wildman–Crippen LogP) is 4.20. The summed E-state index contributed by atoms with van der Waals surface area (Å²) >= 11 is 13.8. The number of carboxylic acid groups (broad SMARTS) is 2. The van der Waals surface area contributed by atoms with Gasteiger partial charge in [-0.1, -0.05) is 41.4 Å². The third kappa shape index (κ3) is 6.31. The van der Waals surface area contributed by atoms with Gasteiger partial charge in [0.2, 0.25) is 5.91 Å². The maximum atomic E-state index is 13.1. The van der Waals surface area contributed by atoms with Gasteiger partial charge in [0.15, 0.2) is 0 Å². The Morgan fingerprint density at radius 2 is 1.74 bits per heavy atom. The number of carbonyl (C=O) groups is 3. The number of carboxylic acids is 1. The Labute approximate surface area is 235 Å². The van der Waals surface area contributed by atoms with Crippen LogP contribution in [0.4, 0.5) is 4.79 Å². The van der Waals surface area contributed by atoms with E-state index in [0.29, 0.717) is 39.8 Å². The first-order chi connectivity index (χ1) is 18.1. The predicted molar refractivity (Wildman–Crippen MR) is 146 cm³/mol. The summed E-state index contributed by atoms with van der Waals surface area (Å²) in [6, 6.07) is 9.86. The molecule has 2 aliphatic rings. The van der Waals surface area contributed by atoms with Crippen LogP contribution in [0.15, 0.2) is 42.5 Å². The van der Waals surface area contributed by atoms with Crippen molar-refractivity contribution >= 4 is 52.9 Å². The lowest BCUT2D eigenvalue weighted by Crippen LogP contribution is -2.59. The summed E-state index contributed by atoms with van der Waals surface area (Å²) in [5.41, 5.74) is 1.33. The molecule has 2 heterocycles. The number of aliphatic carboxylic acids is 1. The fraction of sp³-hybridized carbons (Fsp3) is 0.423. The lowest BCUT2D eigenvalue weighted by molar-refractivity contribution is -0.142. The SMILES string of the molecule is CN1CCC2(CC1)SC[C@@H](C(=O)N[C@@H](Cc1ccc(OCc3c(Cl)cccc3Cl)cc1)C(=O)O)N2C(=O)O. The average Bonchev–Trinajstić information content (AvgIpc) is 3.25. The van der Waals surface area contributed by atoms with Crippen molar-refractivity contribution in [1.82, 2.24) is 15.1 Å². The van der Waals surface area contributed by atoms with Gasteiger partial charge in [-0.15, -0.1) is 11.8 Å². The zero-order valence-corrected chi connectivity index (χ0v) is 23.1. The largest absolute Gasteiger partial charge is 0.489 e. The molecule has 2 atom stereocenters. The van der Waals surface area contributed by atoms with E-state index in [2.05, 4.69) is 10.2 Å². The van der Waals surface area contributed by atoms with Gasteiger partial charge in [0.1, 0.15) is 24.4 Å². The van der Waals surface area contributed by atoms with E-state index in [1.807, 2.05) is 7.05 Å². The molecule has 2 fully saturated rings. The third-order valence-electron chi connectivity index (χ3n) is 6.96. The highest BCUT2D eigenvalue weighted by molar-refractivity contribution is 8.01. The highest BCUT2D eigenvalue weighted by Gasteiger charge is 2.53. The van der Waals surface area contributed by atoms with E-state index >= 15 is 0 Å². The quantitative estimate of drug-likeness (QED) is 0.424. The number of likely N-dealkylation sites (tertiary alicyclic amines) is 1.